The summed E-state index contributed by atoms with van der Waals surface area (Å²) in [5.74, 6) is -2.05. The predicted octanol–water partition coefficient (Wildman–Crippen LogP) is 3.75. The van der Waals surface area contributed by atoms with E-state index in [2.05, 4.69) is 15.5 Å². The quantitative estimate of drug-likeness (QED) is 0.501. The van der Waals surface area contributed by atoms with Crippen LogP contribution >= 0.6 is 11.6 Å². The first-order chi connectivity index (χ1) is 19.0. The molecular formula is C30H39ClN4O4. The van der Waals surface area contributed by atoms with Gasteiger partial charge in [-0.2, -0.15) is 0 Å². The van der Waals surface area contributed by atoms with Crippen LogP contribution in [-0.2, 0) is 19.1 Å². The fraction of sp³-hybridized carbons (Fsp3) is 0.633. The van der Waals surface area contributed by atoms with Gasteiger partial charge in [-0.15, -0.1) is 0 Å². The van der Waals surface area contributed by atoms with Crippen LogP contribution in [0.15, 0.2) is 36.4 Å². The maximum Gasteiger partial charge on any atom is 0.246 e. The van der Waals surface area contributed by atoms with Crippen LogP contribution in [0.3, 0.4) is 0 Å². The second kappa shape index (κ2) is 11.2. The molecule has 1 spiro atoms. The molecule has 1 aromatic carbocycles. The Hall–Kier alpha value is -2.42. The van der Waals surface area contributed by atoms with Gasteiger partial charge < -0.3 is 25.2 Å². The number of likely N-dealkylation sites (tertiary alicyclic amines) is 2. The molecule has 4 fully saturated rings. The van der Waals surface area contributed by atoms with E-state index in [0.29, 0.717) is 23.8 Å². The van der Waals surface area contributed by atoms with Gasteiger partial charge in [0.1, 0.15) is 11.6 Å². The lowest BCUT2D eigenvalue weighted by Crippen LogP contribution is -2.57. The lowest BCUT2D eigenvalue weighted by Gasteiger charge is -2.35. The van der Waals surface area contributed by atoms with Crippen molar-refractivity contribution in [2.24, 2.45) is 11.8 Å². The molecule has 8 nitrogen and oxygen atoms in total. The molecule has 6 rings (SSSR count). The lowest BCUT2D eigenvalue weighted by molar-refractivity contribution is -0.141. The van der Waals surface area contributed by atoms with Crippen LogP contribution in [0.2, 0.25) is 5.02 Å². The molecular weight excluding hydrogens is 516 g/mol. The molecule has 1 saturated carbocycles. The molecule has 9 heteroatoms. The first-order valence-electron chi connectivity index (χ1n) is 14.7. The minimum atomic E-state index is -1.13. The van der Waals surface area contributed by atoms with Crippen molar-refractivity contribution in [3.8, 4) is 0 Å². The second-order valence-electron chi connectivity index (χ2n) is 11.8. The summed E-state index contributed by atoms with van der Waals surface area (Å²) in [4.78, 5) is 45.8. The average Bonchev–Trinajstić information content (AvgIpc) is 3.47. The number of carbonyl (C=O) groups excluding carboxylic acids is 3. The Kier molecular flexibility index (Phi) is 7.71. The zero-order chi connectivity index (χ0) is 27.0. The molecule has 39 heavy (non-hydrogen) atoms. The zero-order valence-electron chi connectivity index (χ0n) is 22.4. The van der Waals surface area contributed by atoms with Crippen LogP contribution in [0.25, 0.3) is 0 Å². The number of anilines is 1. The number of hydrogen-bond donors (Lipinski definition) is 2. The van der Waals surface area contributed by atoms with Gasteiger partial charge in [0.05, 0.1) is 17.9 Å². The summed E-state index contributed by atoms with van der Waals surface area (Å²) in [6, 6.07) is 6.31. The van der Waals surface area contributed by atoms with E-state index in [1.807, 2.05) is 12.2 Å². The largest absolute Gasteiger partial charge is 0.359 e. The van der Waals surface area contributed by atoms with Crippen LogP contribution in [0.5, 0.6) is 0 Å². The van der Waals surface area contributed by atoms with Crippen LogP contribution in [0, 0.1) is 11.8 Å². The van der Waals surface area contributed by atoms with E-state index in [1.54, 1.807) is 29.2 Å². The minimum Gasteiger partial charge on any atom is -0.359 e. The summed E-state index contributed by atoms with van der Waals surface area (Å²) in [6.45, 7) is 3.19. The first-order valence-corrected chi connectivity index (χ1v) is 15.1. The highest BCUT2D eigenvalue weighted by atomic mass is 35.5. The average molecular weight is 555 g/mol. The maximum atomic E-state index is 14.2. The van der Waals surface area contributed by atoms with Gasteiger partial charge in [-0.3, -0.25) is 14.4 Å². The van der Waals surface area contributed by atoms with Crippen molar-refractivity contribution in [1.29, 1.82) is 0 Å². The summed E-state index contributed by atoms with van der Waals surface area (Å²) in [6.07, 6.45) is 13.3. The van der Waals surface area contributed by atoms with Gasteiger partial charge in [0.25, 0.3) is 0 Å². The summed E-state index contributed by atoms with van der Waals surface area (Å²) in [7, 11) is 0. The summed E-state index contributed by atoms with van der Waals surface area (Å²) < 4.78 is 6.48. The zero-order valence-corrected chi connectivity index (χ0v) is 23.2. The number of amides is 3. The molecule has 0 unspecified atom stereocenters. The number of benzene rings is 1. The predicted molar refractivity (Wildman–Crippen MR) is 149 cm³/mol. The molecule has 3 saturated heterocycles. The van der Waals surface area contributed by atoms with E-state index in [-0.39, 0.29) is 23.8 Å². The second-order valence-corrected chi connectivity index (χ2v) is 12.3. The number of fused-ring (bicyclic) bond motifs is 1. The van der Waals surface area contributed by atoms with Gasteiger partial charge in [-0.25, -0.2) is 0 Å². The molecule has 1 aliphatic carbocycles. The number of halogens is 1. The lowest BCUT2D eigenvalue weighted by atomic mass is 9.74. The Morgan fingerprint density at radius 1 is 1.00 bits per heavy atom. The van der Waals surface area contributed by atoms with E-state index >= 15 is 0 Å². The molecule has 4 heterocycles. The van der Waals surface area contributed by atoms with Gasteiger partial charge >= 0.3 is 0 Å². The molecule has 0 radical (unpaired) electrons. The summed E-state index contributed by atoms with van der Waals surface area (Å²) >= 11 is 6.13. The Morgan fingerprint density at radius 3 is 2.49 bits per heavy atom. The van der Waals surface area contributed by atoms with Crippen molar-refractivity contribution in [3.05, 3.63) is 41.4 Å². The summed E-state index contributed by atoms with van der Waals surface area (Å²) in [5, 5.41) is 6.72. The SMILES string of the molecule is O=C(Nc1cccc(Cl)c1)[C@@H]1[C@@H]2C=C[C@]3(O2)[C@@H]1C(=O)N(CCN1CCCCCC1)[C@H]3C(=O)NC1CCCCC1. The smallest absolute Gasteiger partial charge is 0.246 e. The van der Waals surface area contributed by atoms with Crippen molar-refractivity contribution >= 4 is 35.0 Å². The highest BCUT2D eigenvalue weighted by Gasteiger charge is 2.72. The molecule has 3 amide bonds. The number of hydrogen-bond acceptors (Lipinski definition) is 5. The highest BCUT2D eigenvalue weighted by Crippen LogP contribution is 2.55. The molecule has 2 N–H and O–H groups in total. The fourth-order valence-electron chi connectivity index (χ4n) is 7.44. The van der Waals surface area contributed by atoms with Crippen LogP contribution < -0.4 is 10.6 Å². The third-order valence-corrected chi connectivity index (χ3v) is 9.56. The van der Waals surface area contributed by atoms with E-state index in [1.165, 1.54) is 19.3 Å². The maximum absolute atomic E-state index is 14.2. The molecule has 2 bridgehead atoms. The standard InChI is InChI=1S/C30H39ClN4O4/c31-20-9-8-12-22(19-20)33-27(36)24-23-13-14-30(39-23)25(24)29(38)35(18-17-34-15-6-1-2-7-16-34)26(30)28(37)32-21-10-4-3-5-11-21/h8-9,12-14,19,21,23-26H,1-7,10-11,15-18H2,(H,32,37)(H,33,36)/t23-,24+,25-,26-,30-/m0/s1. The Bertz CT molecular complexity index is 1130. The summed E-state index contributed by atoms with van der Waals surface area (Å²) in [5.41, 5.74) is -0.557. The van der Waals surface area contributed by atoms with Gasteiger partial charge in [-0.05, 0) is 57.0 Å². The molecule has 210 valence electrons. The topological polar surface area (TPSA) is 91.0 Å². The number of rotatable bonds is 7. The van der Waals surface area contributed by atoms with Crippen LogP contribution in [0.1, 0.15) is 57.8 Å². The van der Waals surface area contributed by atoms with Crippen molar-refractivity contribution in [3.63, 3.8) is 0 Å². The van der Waals surface area contributed by atoms with Crippen LogP contribution in [0.4, 0.5) is 5.69 Å². The molecule has 5 atom stereocenters. The van der Waals surface area contributed by atoms with Gasteiger partial charge in [-0.1, -0.05) is 61.9 Å². The molecule has 0 aromatic heterocycles. The minimum absolute atomic E-state index is 0.119. The van der Waals surface area contributed by atoms with Gasteiger partial charge in [0, 0.05) is 29.8 Å². The van der Waals surface area contributed by atoms with E-state index in [4.69, 9.17) is 16.3 Å². The number of ether oxygens (including phenoxy) is 1. The van der Waals surface area contributed by atoms with Gasteiger partial charge in [0.15, 0.2) is 0 Å². The molecule has 4 aliphatic heterocycles. The normalized spacial score (nSPS) is 32.7. The third-order valence-electron chi connectivity index (χ3n) is 9.32. The number of nitrogens with zero attached hydrogens (tertiary/aromatic N) is 2. The van der Waals surface area contributed by atoms with Crippen molar-refractivity contribution in [2.45, 2.75) is 81.6 Å². The van der Waals surface area contributed by atoms with E-state index < -0.39 is 29.6 Å². The highest BCUT2D eigenvalue weighted by molar-refractivity contribution is 6.30. The number of nitrogens with one attached hydrogen (secondary N) is 2. The number of carbonyl (C=O) groups is 3. The van der Waals surface area contributed by atoms with Crippen molar-refractivity contribution in [2.75, 3.05) is 31.5 Å². The molecule has 5 aliphatic rings. The first kappa shape index (κ1) is 26.8. The van der Waals surface area contributed by atoms with E-state index in [0.717, 1.165) is 51.6 Å². The molecule has 1 aromatic rings. The van der Waals surface area contributed by atoms with Gasteiger partial charge in [0.2, 0.25) is 17.7 Å². The Balaban J connectivity index is 1.26. The monoisotopic (exact) mass is 554 g/mol. The van der Waals surface area contributed by atoms with Crippen molar-refractivity contribution < 1.29 is 19.1 Å². The Morgan fingerprint density at radius 2 is 1.74 bits per heavy atom. The fourth-order valence-corrected chi connectivity index (χ4v) is 7.63. The van der Waals surface area contributed by atoms with Crippen molar-refractivity contribution in [1.82, 2.24) is 15.1 Å². The van der Waals surface area contributed by atoms with E-state index in [9.17, 15) is 14.4 Å². The van der Waals surface area contributed by atoms with Crippen LogP contribution in [-0.4, -0.2) is 77.5 Å². The Labute approximate surface area is 235 Å². The third kappa shape index (κ3) is 5.11.